The Hall–Kier alpha value is -0.330. The Morgan fingerprint density at radius 1 is 1.44 bits per heavy atom. The molecule has 1 unspecified atom stereocenters. The minimum absolute atomic E-state index is 0.568. The van der Waals surface area contributed by atoms with Gasteiger partial charge < -0.3 is 4.57 Å². The van der Waals surface area contributed by atoms with Gasteiger partial charge in [-0.3, -0.25) is 5.09 Å². The lowest BCUT2D eigenvalue weighted by Crippen LogP contribution is -2.02. The standard InChI is InChI=1S/C6H12NOP/c1-3-5-7-9(8)6-4-2/h3-4,9H,1-2,5-6H2,(H,7,8). The molecule has 1 N–H and O–H groups in total. The first-order valence-corrected chi connectivity index (χ1v) is 4.41. The minimum Gasteiger partial charge on any atom is -0.310 e. The van der Waals surface area contributed by atoms with Crippen LogP contribution in [0.4, 0.5) is 0 Å². The van der Waals surface area contributed by atoms with Crippen LogP contribution in [-0.2, 0) is 4.57 Å². The molecule has 0 aromatic rings. The molecule has 1 atom stereocenters. The van der Waals surface area contributed by atoms with E-state index >= 15 is 0 Å². The van der Waals surface area contributed by atoms with Gasteiger partial charge in [-0.2, -0.15) is 0 Å². The molecular weight excluding hydrogens is 133 g/mol. The van der Waals surface area contributed by atoms with Gasteiger partial charge in [0, 0.05) is 12.7 Å². The van der Waals surface area contributed by atoms with E-state index < -0.39 is 7.95 Å². The van der Waals surface area contributed by atoms with Gasteiger partial charge in [0.15, 0.2) is 0 Å². The molecule has 0 heterocycles. The minimum atomic E-state index is -1.59. The molecule has 3 heteroatoms. The van der Waals surface area contributed by atoms with Gasteiger partial charge in [-0.1, -0.05) is 12.2 Å². The molecule has 0 spiro atoms. The molecule has 9 heavy (non-hydrogen) atoms. The molecule has 0 rings (SSSR count). The van der Waals surface area contributed by atoms with E-state index in [9.17, 15) is 4.57 Å². The second kappa shape index (κ2) is 5.80. The van der Waals surface area contributed by atoms with Crippen molar-refractivity contribution in [2.45, 2.75) is 0 Å². The Labute approximate surface area is 56.5 Å². The zero-order valence-corrected chi connectivity index (χ0v) is 6.39. The number of hydrogen-bond donors (Lipinski definition) is 1. The van der Waals surface area contributed by atoms with Crippen LogP contribution < -0.4 is 5.09 Å². The van der Waals surface area contributed by atoms with Crippen molar-refractivity contribution >= 4 is 7.95 Å². The molecule has 0 fully saturated rings. The summed E-state index contributed by atoms with van der Waals surface area (Å²) >= 11 is 0. The Morgan fingerprint density at radius 3 is 2.56 bits per heavy atom. The van der Waals surface area contributed by atoms with E-state index in [0.29, 0.717) is 12.7 Å². The summed E-state index contributed by atoms with van der Waals surface area (Å²) in [6.07, 6.45) is 3.90. The first kappa shape index (κ1) is 8.67. The molecule has 2 nitrogen and oxygen atoms in total. The first-order chi connectivity index (χ1) is 4.31. The lowest BCUT2D eigenvalue weighted by atomic mass is 10.7. The van der Waals surface area contributed by atoms with Crippen LogP contribution in [0.3, 0.4) is 0 Å². The van der Waals surface area contributed by atoms with E-state index in [1.54, 1.807) is 12.2 Å². The van der Waals surface area contributed by atoms with Crippen molar-refractivity contribution in [3.05, 3.63) is 25.3 Å². The molecular formula is C6H12NOP. The van der Waals surface area contributed by atoms with Gasteiger partial charge in [-0.05, 0) is 0 Å². The molecule has 0 amide bonds. The largest absolute Gasteiger partial charge is 0.310 e. The number of hydrogen-bond acceptors (Lipinski definition) is 1. The Bertz CT molecular complexity index is 122. The zero-order chi connectivity index (χ0) is 7.11. The van der Waals surface area contributed by atoms with Crippen LogP contribution >= 0.6 is 7.95 Å². The summed E-state index contributed by atoms with van der Waals surface area (Å²) in [7, 11) is -1.59. The summed E-state index contributed by atoms with van der Waals surface area (Å²) in [4.78, 5) is 0. The van der Waals surface area contributed by atoms with Crippen molar-refractivity contribution in [3.63, 3.8) is 0 Å². The second-order valence-corrected chi connectivity index (χ2v) is 3.19. The number of rotatable bonds is 5. The summed E-state index contributed by atoms with van der Waals surface area (Å²) < 4.78 is 10.8. The maximum absolute atomic E-state index is 10.8. The summed E-state index contributed by atoms with van der Waals surface area (Å²) in [6, 6.07) is 0. The van der Waals surface area contributed by atoms with Crippen molar-refractivity contribution in [3.8, 4) is 0 Å². The molecule has 0 aromatic heterocycles. The van der Waals surface area contributed by atoms with Crippen molar-refractivity contribution in [2.24, 2.45) is 0 Å². The summed E-state index contributed by atoms with van der Waals surface area (Å²) in [5.41, 5.74) is 0. The van der Waals surface area contributed by atoms with Crippen LogP contribution in [0.1, 0.15) is 0 Å². The van der Waals surface area contributed by atoms with Crippen LogP contribution in [0.25, 0.3) is 0 Å². The summed E-state index contributed by atoms with van der Waals surface area (Å²) in [5, 5.41) is 2.79. The maximum Gasteiger partial charge on any atom is 0.140 e. The lowest BCUT2D eigenvalue weighted by molar-refractivity contribution is 0.583. The molecule has 0 radical (unpaired) electrons. The van der Waals surface area contributed by atoms with Crippen LogP contribution in [0, 0.1) is 0 Å². The van der Waals surface area contributed by atoms with Gasteiger partial charge in [-0.25, -0.2) is 0 Å². The molecule has 0 saturated heterocycles. The van der Waals surface area contributed by atoms with Crippen molar-refractivity contribution in [1.29, 1.82) is 0 Å². The normalized spacial score (nSPS) is 12.4. The van der Waals surface area contributed by atoms with E-state index in [0.717, 1.165) is 0 Å². The van der Waals surface area contributed by atoms with Crippen molar-refractivity contribution in [2.75, 3.05) is 12.7 Å². The van der Waals surface area contributed by atoms with Gasteiger partial charge in [0.05, 0.1) is 0 Å². The lowest BCUT2D eigenvalue weighted by Gasteiger charge is -1.95. The van der Waals surface area contributed by atoms with E-state index in [-0.39, 0.29) is 0 Å². The van der Waals surface area contributed by atoms with E-state index in [2.05, 4.69) is 18.2 Å². The highest BCUT2D eigenvalue weighted by Crippen LogP contribution is 2.11. The highest BCUT2D eigenvalue weighted by atomic mass is 31.1. The third-order valence-corrected chi connectivity index (χ3v) is 2.03. The predicted octanol–water partition coefficient (Wildman–Crippen LogP) is 1.42. The fourth-order valence-electron chi connectivity index (χ4n) is 0.389. The van der Waals surface area contributed by atoms with Gasteiger partial charge in [0.25, 0.3) is 0 Å². The fraction of sp³-hybridized carbons (Fsp3) is 0.333. The second-order valence-electron chi connectivity index (χ2n) is 1.59. The third kappa shape index (κ3) is 5.54. The highest BCUT2D eigenvalue weighted by molar-refractivity contribution is 7.42. The molecule has 0 saturated carbocycles. The molecule has 0 aromatic carbocycles. The summed E-state index contributed by atoms with van der Waals surface area (Å²) in [6.45, 7) is 7.57. The number of allylic oxidation sites excluding steroid dienone is 1. The van der Waals surface area contributed by atoms with Gasteiger partial charge in [0.1, 0.15) is 7.95 Å². The van der Waals surface area contributed by atoms with Crippen LogP contribution in [0.15, 0.2) is 25.3 Å². The van der Waals surface area contributed by atoms with Crippen molar-refractivity contribution in [1.82, 2.24) is 5.09 Å². The topological polar surface area (TPSA) is 29.1 Å². The van der Waals surface area contributed by atoms with Crippen LogP contribution in [0.2, 0.25) is 0 Å². The third-order valence-electron chi connectivity index (χ3n) is 0.773. The smallest absolute Gasteiger partial charge is 0.140 e. The van der Waals surface area contributed by atoms with E-state index in [4.69, 9.17) is 0 Å². The first-order valence-electron chi connectivity index (χ1n) is 2.79. The van der Waals surface area contributed by atoms with Gasteiger partial charge in [-0.15, -0.1) is 13.2 Å². The molecule has 52 valence electrons. The van der Waals surface area contributed by atoms with E-state index in [1.165, 1.54) is 0 Å². The zero-order valence-electron chi connectivity index (χ0n) is 5.39. The molecule has 0 bridgehead atoms. The summed E-state index contributed by atoms with van der Waals surface area (Å²) in [5.74, 6) is 0. The van der Waals surface area contributed by atoms with Crippen LogP contribution in [0.5, 0.6) is 0 Å². The number of nitrogens with one attached hydrogen (secondary N) is 1. The quantitative estimate of drug-likeness (QED) is 0.468. The molecule has 0 aliphatic heterocycles. The molecule has 0 aliphatic carbocycles. The van der Waals surface area contributed by atoms with Gasteiger partial charge in [0.2, 0.25) is 0 Å². The van der Waals surface area contributed by atoms with Crippen molar-refractivity contribution < 1.29 is 4.57 Å². The van der Waals surface area contributed by atoms with Crippen LogP contribution in [-0.4, -0.2) is 12.7 Å². The Morgan fingerprint density at radius 2 is 2.11 bits per heavy atom. The van der Waals surface area contributed by atoms with E-state index in [1.807, 2.05) is 0 Å². The maximum atomic E-state index is 10.8. The monoisotopic (exact) mass is 145 g/mol. The predicted molar refractivity (Wildman–Crippen MR) is 42.3 cm³/mol. The molecule has 0 aliphatic rings. The van der Waals surface area contributed by atoms with Gasteiger partial charge >= 0.3 is 0 Å². The fourth-order valence-corrected chi connectivity index (χ4v) is 1.17. The Kier molecular flexibility index (Phi) is 5.59. The average Bonchev–Trinajstić information content (AvgIpc) is 1.85. The average molecular weight is 145 g/mol. The Balaban J connectivity index is 3.26. The highest BCUT2D eigenvalue weighted by Gasteiger charge is 1.89. The SMILES string of the molecule is C=CCN[PH](=O)CC=C.